The third-order valence-electron chi connectivity index (χ3n) is 3.29. The molecule has 1 aromatic carbocycles. The Kier molecular flexibility index (Phi) is 2.67. The molecule has 0 aliphatic heterocycles. The number of nitrogens with zero attached hydrogens (tertiary/aromatic N) is 4. The number of nitro groups is 1. The van der Waals surface area contributed by atoms with Crippen LogP contribution in [0.15, 0.2) is 24.7 Å². The Balaban J connectivity index is 2.65. The Morgan fingerprint density at radius 1 is 1.30 bits per heavy atom. The van der Waals surface area contributed by atoms with Gasteiger partial charge in [-0.05, 0) is 18.1 Å². The normalized spacial score (nSPS) is 11.1. The number of hydrogen-bond acceptors (Lipinski definition) is 6. The number of fused-ring (bicyclic) bond motifs is 2. The van der Waals surface area contributed by atoms with E-state index in [1.807, 2.05) is 6.92 Å². The summed E-state index contributed by atoms with van der Waals surface area (Å²) in [6.07, 6.45) is 5.40. The van der Waals surface area contributed by atoms with Crippen molar-refractivity contribution in [2.45, 2.75) is 13.3 Å². The first-order chi connectivity index (χ1) is 9.63. The van der Waals surface area contributed by atoms with Crippen molar-refractivity contribution in [2.24, 2.45) is 0 Å². The monoisotopic (exact) mass is 269 g/mol. The Bertz CT molecular complexity index is 847. The second kappa shape index (κ2) is 4.37. The molecule has 2 aromatic heterocycles. The minimum absolute atomic E-state index is 0.0241. The molecule has 7 heteroatoms. The molecule has 0 saturated carbocycles. The zero-order valence-corrected chi connectivity index (χ0v) is 10.7. The topological polar surface area (TPSA) is 108 Å². The van der Waals surface area contributed by atoms with Crippen molar-refractivity contribution >= 4 is 33.3 Å². The Morgan fingerprint density at radius 2 is 2.10 bits per heavy atom. The predicted molar refractivity (Wildman–Crippen MR) is 75.3 cm³/mol. The lowest BCUT2D eigenvalue weighted by Crippen LogP contribution is -2.01. The number of aromatic nitrogens is 3. The van der Waals surface area contributed by atoms with E-state index in [1.165, 1.54) is 12.4 Å². The van der Waals surface area contributed by atoms with Crippen LogP contribution >= 0.6 is 0 Å². The van der Waals surface area contributed by atoms with E-state index in [1.54, 1.807) is 12.3 Å². The van der Waals surface area contributed by atoms with Crippen LogP contribution in [0.4, 0.5) is 11.6 Å². The van der Waals surface area contributed by atoms with Crippen LogP contribution in [0.2, 0.25) is 0 Å². The third-order valence-corrected chi connectivity index (χ3v) is 3.29. The summed E-state index contributed by atoms with van der Waals surface area (Å²) in [4.78, 5) is 23.1. The highest BCUT2D eigenvalue weighted by Crippen LogP contribution is 2.36. The first-order valence-corrected chi connectivity index (χ1v) is 6.08. The van der Waals surface area contributed by atoms with Gasteiger partial charge in [0.05, 0.1) is 10.3 Å². The van der Waals surface area contributed by atoms with Crippen molar-refractivity contribution in [3.05, 3.63) is 40.3 Å². The van der Waals surface area contributed by atoms with Crippen LogP contribution in [-0.4, -0.2) is 19.9 Å². The fraction of sp³-hybridized carbons (Fsp3) is 0.154. The van der Waals surface area contributed by atoms with Gasteiger partial charge in [0.2, 0.25) is 5.95 Å². The average molecular weight is 269 g/mol. The van der Waals surface area contributed by atoms with Gasteiger partial charge in [-0.15, -0.1) is 0 Å². The van der Waals surface area contributed by atoms with Gasteiger partial charge in [-0.3, -0.25) is 15.1 Å². The number of pyridine rings is 1. The van der Waals surface area contributed by atoms with Crippen molar-refractivity contribution in [3.8, 4) is 0 Å². The number of nitrogen functional groups attached to an aromatic ring is 1. The zero-order valence-electron chi connectivity index (χ0n) is 10.7. The summed E-state index contributed by atoms with van der Waals surface area (Å²) in [5, 5.41) is 13.3. The average Bonchev–Trinajstić information content (AvgIpc) is 2.44. The largest absolute Gasteiger partial charge is 0.368 e. The minimum atomic E-state index is -0.434. The molecule has 0 atom stereocenters. The first kappa shape index (κ1) is 12.2. The SMILES string of the molecule is CCc1c2cnccc2c([N+](=O)[O-])c2nc(N)ncc12. The molecule has 0 fully saturated rings. The Morgan fingerprint density at radius 3 is 2.80 bits per heavy atom. The van der Waals surface area contributed by atoms with Gasteiger partial charge in [0, 0.05) is 29.4 Å². The predicted octanol–water partition coefficient (Wildman–Crippen LogP) is 2.23. The number of non-ortho nitro benzene ring substituents is 1. The molecule has 3 aromatic rings. The molecule has 0 saturated heterocycles. The maximum atomic E-state index is 11.4. The Labute approximate surface area is 113 Å². The highest BCUT2D eigenvalue weighted by Gasteiger charge is 2.22. The fourth-order valence-electron chi connectivity index (χ4n) is 2.48. The Hall–Kier alpha value is -2.83. The van der Waals surface area contributed by atoms with Crippen molar-refractivity contribution in [2.75, 3.05) is 5.73 Å². The number of aryl methyl sites for hydroxylation is 1. The molecule has 7 nitrogen and oxygen atoms in total. The molecular weight excluding hydrogens is 258 g/mol. The van der Waals surface area contributed by atoms with Crippen LogP contribution in [0, 0.1) is 10.1 Å². The quantitative estimate of drug-likeness (QED) is 0.434. The highest BCUT2D eigenvalue weighted by atomic mass is 16.6. The highest BCUT2D eigenvalue weighted by molar-refractivity contribution is 6.09. The van der Waals surface area contributed by atoms with Crippen molar-refractivity contribution < 1.29 is 4.92 Å². The first-order valence-electron chi connectivity index (χ1n) is 6.08. The van der Waals surface area contributed by atoms with Crippen LogP contribution < -0.4 is 5.73 Å². The van der Waals surface area contributed by atoms with E-state index in [9.17, 15) is 10.1 Å². The van der Waals surface area contributed by atoms with E-state index in [2.05, 4.69) is 15.0 Å². The van der Waals surface area contributed by atoms with Crippen LogP contribution in [0.1, 0.15) is 12.5 Å². The lowest BCUT2D eigenvalue weighted by Gasteiger charge is -2.09. The summed E-state index contributed by atoms with van der Waals surface area (Å²) < 4.78 is 0. The number of benzene rings is 1. The summed E-state index contributed by atoms with van der Waals surface area (Å²) in [5.41, 5.74) is 6.73. The van der Waals surface area contributed by atoms with E-state index in [-0.39, 0.29) is 17.2 Å². The van der Waals surface area contributed by atoms with Gasteiger partial charge >= 0.3 is 5.69 Å². The third kappa shape index (κ3) is 1.63. The molecule has 0 spiro atoms. The second-order valence-electron chi connectivity index (χ2n) is 4.35. The number of hydrogen-bond donors (Lipinski definition) is 1. The summed E-state index contributed by atoms with van der Waals surface area (Å²) in [5.74, 6) is 0.0241. The van der Waals surface area contributed by atoms with Gasteiger partial charge in [0.1, 0.15) is 0 Å². The molecule has 0 bridgehead atoms. The lowest BCUT2D eigenvalue weighted by atomic mass is 9.98. The fourth-order valence-corrected chi connectivity index (χ4v) is 2.48. The molecule has 2 N–H and O–H groups in total. The van der Waals surface area contributed by atoms with E-state index in [4.69, 9.17) is 5.73 Å². The van der Waals surface area contributed by atoms with Gasteiger partial charge in [-0.1, -0.05) is 6.92 Å². The van der Waals surface area contributed by atoms with Gasteiger partial charge in [0.25, 0.3) is 0 Å². The van der Waals surface area contributed by atoms with Crippen LogP contribution in [0.25, 0.3) is 21.7 Å². The molecule has 100 valence electrons. The van der Waals surface area contributed by atoms with Gasteiger partial charge in [0.15, 0.2) is 5.52 Å². The van der Waals surface area contributed by atoms with Gasteiger partial charge in [-0.25, -0.2) is 9.97 Å². The second-order valence-corrected chi connectivity index (χ2v) is 4.35. The standard InChI is InChI=1S/C13H11N5O2/c1-2-7-9-5-15-4-3-8(9)12(18(19)20)11-10(7)6-16-13(14)17-11/h3-6H,2H2,1H3,(H2,14,16,17). The lowest BCUT2D eigenvalue weighted by molar-refractivity contribution is -0.381. The van der Waals surface area contributed by atoms with Gasteiger partial charge < -0.3 is 5.73 Å². The van der Waals surface area contributed by atoms with E-state index < -0.39 is 4.92 Å². The van der Waals surface area contributed by atoms with Gasteiger partial charge in [-0.2, -0.15) is 0 Å². The molecule has 0 radical (unpaired) electrons. The molecule has 0 aliphatic rings. The van der Waals surface area contributed by atoms with Crippen LogP contribution in [0.3, 0.4) is 0 Å². The zero-order chi connectivity index (χ0) is 14.3. The van der Waals surface area contributed by atoms with Crippen molar-refractivity contribution in [1.82, 2.24) is 15.0 Å². The molecule has 20 heavy (non-hydrogen) atoms. The molecule has 0 unspecified atom stereocenters. The number of anilines is 1. The van der Waals surface area contributed by atoms with E-state index in [0.29, 0.717) is 17.2 Å². The minimum Gasteiger partial charge on any atom is -0.368 e. The molecular formula is C13H11N5O2. The maximum Gasteiger partial charge on any atom is 0.303 e. The number of rotatable bonds is 2. The van der Waals surface area contributed by atoms with Crippen LogP contribution in [-0.2, 0) is 6.42 Å². The number of nitro benzene ring substituents is 1. The van der Waals surface area contributed by atoms with E-state index >= 15 is 0 Å². The molecule has 2 heterocycles. The smallest absolute Gasteiger partial charge is 0.303 e. The van der Waals surface area contributed by atoms with Crippen LogP contribution in [0.5, 0.6) is 0 Å². The number of nitrogens with two attached hydrogens (primary N) is 1. The molecule has 0 amide bonds. The van der Waals surface area contributed by atoms with E-state index in [0.717, 1.165) is 10.9 Å². The van der Waals surface area contributed by atoms with Crippen molar-refractivity contribution in [1.29, 1.82) is 0 Å². The summed E-state index contributed by atoms with van der Waals surface area (Å²) in [6, 6.07) is 1.63. The van der Waals surface area contributed by atoms with Crippen molar-refractivity contribution in [3.63, 3.8) is 0 Å². The summed E-state index contributed by atoms with van der Waals surface area (Å²) in [6.45, 7) is 1.98. The molecule has 0 aliphatic carbocycles. The molecule has 3 rings (SSSR count). The summed E-state index contributed by atoms with van der Waals surface area (Å²) >= 11 is 0. The summed E-state index contributed by atoms with van der Waals surface area (Å²) in [7, 11) is 0. The maximum absolute atomic E-state index is 11.4.